The number of nitrogens with zero attached hydrogens (tertiary/aromatic N) is 2. The van der Waals surface area contributed by atoms with Crippen LogP contribution in [0.15, 0.2) is 22.5 Å². The number of hydrogen-bond donors (Lipinski definition) is 2. The summed E-state index contributed by atoms with van der Waals surface area (Å²) in [7, 11) is -1.16. The lowest BCUT2D eigenvalue weighted by Crippen LogP contribution is -2.46. The zero-order valence-electron chi connectivity index (χ0n) is 19.0. The number of nitrogens with one attached hydrogen (secondary N) is 2. The van der Waals surface area contributed by atoms with E-state index in [1.165, 1.54) is 24.0 Å². The van der Waals surface area contributed by atoms with Crippen molar-refractivity contribution in [3.8, 4) is 0 Å². The predicted molar refractivity (Wildman–Crippen MR) is 140 cm³/mol. The van der Waals surface area contributed by atoms with Gasteiger partial charge in [-0.05, 0) is 55.1 Å². The molecule has 6 nitrogen and oxygen atoms in total. The maximum Gasteiger partial charge on any atom is 0.191 e. The molecule has 1 aliphatic heterocycles. The van der Waals surface area contributed by atoms with Crippen LogP contribution in [0.2, 0.25) is 0 Å². The molecule has 1 fully saturated rings. The van der Waals surface area contributed by atoms with Gasteiger partial charge >= 0.3 is 0 Å². The van der Waals surface area contributed by atoms with Gasteiger partial charge in [-0.1, -0.05) is 26.8 Å². The van der Waals surface area contributed by atoms with Crippen molar-refractivity contribution in [1.82, 2.24) is 15.5 Å². The van der Waals surface area contributed by atoms with Crippen LogP contribution < -0.4 is 10.6 Å². The second-order valence-corrected chi connectivity index (χ2v) is 12.3. The van der Waals surface area contributed by atoms with Gasteiger partial charge in [0.25, 0.3) is 0 Å². The molecule has 2 heterocycles. The number of likely N-dealkylation sites (tertiary alicyclic amines) is 1. The Kier molecular flexibility index (Phi) is 11.6. The van der Waals surface area contributed by atoms with Gasteiger partial charge in [-0.25, -0.2) is 8.42 Å². The van der Waals surface area contributed by atoms with Crippen LogP contribution in [0.4, 0.5) is 0 Å². The first kappa shape index (κ1) is 27.6. The maximum absolute atomic E-state index is 11.5. The number of aliphatic imine (C=N–C) groups is 1. The lowest BCUT2D eigenvalue weighted by Gasteiger charge is -2.36. The highest BCUT2D eigenvalue weighted by atomic mass is 127. The van der Waals surface area contributed by atoms with Gasteiger partial charge in [0.05, 0.1) is 11.8 Å². The Bertz CT molecular complexity index is 743. The average molecular weight is 571 g/mol. The fourth-order valence-electron chi connectivity index (χ4n) is 3.52. The van der Waals surface area contributed by atoms with Gasteiger partial charge in [0, 0.05) is 31.3 Å². The van der Waals surface area contributed by atoms with E-state index in [0.29, 0.717) is 19.0 Å². The Labute approximate surface area is 204 Å². The molecule has 0 radical (unpaired) electrons. The van der Waals surface area contributed by atoms with Crippen LogP contribution in [-0.2, 0) is 9.84 Å². The number of halogens is 1. The molecule has 0 amide bonds. The predicted octanol–water partition coefficient (Wildman–Crippen LogP) is 3.77. The molecular formula is C21H39IN4O2S2. The van der Waals surface area contributed by atoms with E-state index >= 15 is 0 Å². The van der Waals surface area contributed by atoms with Crippen molar-refractivity contribution in [3.05, 3.63) is 22.4 Å². The van der Waals surface area contributed by atoms with E-state index in [-0.39, 0.29) is 35.1 Å². The first-order valence-corrected chi connectivity index (χ1v) is 13.4. The molecule has 9 heteroatoms. The van der Waals surface area contributed by atoms with E-state index in [0.717, 1.165) is 31.5 Å². The lowest BCUT2D eigenvalue weighted by molar-refractivity contribution is 0.140. The van der Waals surface area contributed by atoms with Crippen LogP contribution in [-0.4, -0.2) is 64.5 Å². The fraction of sp³-hybridized carbons (Fsp3) is 0.762. The molecule has 0 bridgehead atoms. The summed E-state index contributed by atoms with van der Waals surface area (Å²) in [5.74, 6) is 1.79. The Morgan fingerprint density at radius 1 is 1.33 bits per heavy atom. The van der Waals surface area contributed by atoms with Crippen LogP contribution in [0.1, 0.15) is 51.0 Å². The lowest BCUT2D eigenvalue weighted by atomic mass is 9.90. The highest BCUT2D eigenvalue weighted by Crippen LogP contribution is 2.29. The highest BCUT2D eigenvalue weighted by Gasteiger charge is 2.26. The van der Waals surface area contributed by atoms with Crippen molar-refractivity contribution in [1.29, 1.82) is 0 Å². The molecule has 0 spiro atoms. The number of thiophene rings is 1. The molecule has 2 rings (SSSR count). The van der Waals surface area contributed by atoms with Crippen molar-refractivity contribution in [2.45, 2.75) is 46.1 Å². The molecule has 0 aromatic carbocycles. The van der Waals surface area contributed by atoms with Crippen molar-refractivity contribution >= 4 is 51.1 Å². The van der Waals surface area contributed by atoms with Crippen LogP contribution in [0.3, 0.4) is 0 Å². The molecule has 1 aromatic heterocycles. The quantitative estimate of drug-likeness (QED) is 0.269. The number of guanidine groups is 1. The summed E-state index contributed by atoms with van der Waals surface area (Å²) < 4.78 is 22.9. The van der Waals surface area contributed by atoms with Crippen LogP contribution in [0, 0.1) is 11.3 Å². The minimum atomic E-state index is -2.94. The van der Waals surface area contributed by atoms with E-state index in [4.69, 9.17) is 0 Å². The number of piperidine rings is 1. The van der Waals surface area contributed by atoms with E-state index < -0.39 is 9.84 Å². The van der Waals surface area contributed by atoms with E-state index in [1.54, 1.807) is 7.05 Å². The van der Waals surface area contributed by atoms with E-state index in [9.17, 15) is 8.42 Å². The van der Waals surface area contributed by atoms with Gasteiger partial charge < -0.3 is 10.6 Å². The third-order valence-corrected chi connectivity index (χ3v) is 7.62. The molecule has 1 saturated heterocycles. The van der Waals surface area contributed by atoms with Crippen molar-refractivity contribution in [2.24, 2.45) is 16.3 Å². The van der Waals surface area contributed by atoms with Crippen LogP contribution in [0.25, 0.3) is 0 Å². The Morgan fingerprint density at radius 2 is 2.00 bits per heavy atom. The molecular weight excluding hydrogens is 531 g/mol. The molecule has 0 aliphatic carbocycles. The number of sulfone groups is 1. The standard InChI is InChI=1S/C21H38N4O2S2.HI/c1-17-8-11-25(12-9-17)18(19-7-6-13-28-19)15-23-20(22-4)24-16-21(2,3)10-14-29(5,26)27;/h6-7,13,17-18H,8-12,14-16H2,1-5H3,(H2,22,23,24);1H. The van der Waals surface area contributed by atoms with Gasteiger partial charge in [0.1, 0.15) is 9.84 Å². The zero-order chi connectivity index (χ0) is 21.5. The highest BCUT2D eigenvalue weighted by molar-refractivity contribution is 14.0. The molecule has 1 aliphatic rings. The van der Waals surface area contributed by atoms with Gasteiger partial charge in [-0.15, -0.1) is 35.3 Å². The first-order chi connectivity index (χ1) is 13.6. The Balaban J connectivity index is 0.00000450. The third-order valence-electron chi connectivity index (χ3n) is 5.70. The number of rotatable bonds is 9. The first-order valence-electron chi connectivity index (χ1n) is 10.5. The Hall–Kier alpha value is -0.390. The maximum atomic E-state index is 11.5. The summed E-state index contributed by atoms with van der Waals surface area (Å²) >= 11 is 1.81. The molecule has 2 N–H and O–H groups in total. The van der Waals surface area contributed by atoms with Crippen LogP contribution >= 0.6 is 35.3 Å². The summed E-state index contributed by atoms with van der Waals surface area (Å²) in [5.41, 5.74) is -0.128. The minimum absolute atomic E-state index is 0. The smallest absolute Gasteiger partial charge is 0.191 e. The fourth-order valence-corrected chi connectivity index (χ4v) is 5.30. The van der Waals surface area contributed by atoms with Crippen LogP contribution in [0.5, 0.6) is 0 Å². The summed E-state index contributed by atoms with van der Waals surface area (Å²) in [5, 5.41) is 9.03. The summed E-state index contributed by atoms with van der Waals surface area (Å²) in [6.45, 7) is 10.3. The Morgan fingerprint density at radius 3 is 2.53 bits per heavy atom. The monoisotopic (exact) mass is 570 g/mol. The van der Waals surface area contributed by atoms with Gasteiger partial charge in [-0.2, -0.15) is 0 Å². The van der Waals surface area contributed by atoms with E-state index in [2.05, 4.69) is 58.8 Å². The topological polar surface area (TPSA) is 73.8 Å². The summed E-state index contributed by atoms with van der Waals surface area (Å²) in [4.78, 5) is 8.34. The number of hydrogen-bond acceptors (Lipinski definition) is 5. The zero-order valence-corrected chi connectivity index (χ0v) is 22.9. The van der Waals surface area contributed by atoms with Crippen molar-refractivity contribution in [3.63, 3.8) is 0 Å². The average Bonchev–Trinajstić information content (AvgIpc) is 3.18. The molecule has 1 unspecified atom stereocenters. The molecule has 1 atom stereocenters. The molecule has 1 aromatic rings. The second-order valence-electron chi connectivity index (χ2n) is 9.10. The normalized spacial score (nSPS) is 18.0. The van der Waals surface area contributed by atoms with Gasteiger partial charge in [0.15, 0.2) is 5.96 Å². The van der Waals surface area contributed by atoms with Crippen molar-refractivity contribution in [2.75, 3.05) is 45.2 Å². The summed E-state index contributed by atoms with van der Waals surface area (Å²) in [6, 6.07) is 4.69. The second kappa shape index (κ2) is 12.6. The summed E-state index contributed by atoms with van der Waals surface area (Å²) in [6.07, 6.45) is 4.43. The van der Waals surface area contributed by atoms with E-state index in [1.807, 2.05) is 11.3 Å². The van der Waals surface area contributed by atoms with Crippen molar-refractivity contribution < 1.29 is 8.42 Å². The SMILES string of the molecule is CN=C(NCC(c1cccs1)N1CCC(C)CC1)NCC(C)(C)CCS(C)(=O)=O.I. The minimum Gasteiger partial charge on any atom is -0.356 e. The van der Waals surface area contributed by atoms with Gasteiger partial charge in [-0.3, -0.25) is 9.89 Å². The molecule has 30 heavy (non-hydrogen) atoms. The molecule has 174 valence electrons. The third kappa shape index (κ3) is 9.82. The molecule has 0 saturated carbocycles. The van der Waals surface area contributed by atoms with Gasteiger partial charge in [0.2, 0.25) is 0 Å². The largest absolute Gasteiger partial charge is 0.356 e.